The molecule has 5 nitrogen and oxygen atoms in total. The molecule has 22 heavy (non-hydrogen) atoms. The zero-order valence-electron chi connectivity index (χ0n) is 11.8. The summed E-state index contributed by atoms with van der Waals surface area (Å²) in [5.74, 6) is -0.348. The zero-order chi connectivity index (χ0) is 15.5. The maximum Gasteiger partial charge on any atom is 0.311 e. The Morgan fingerprint density at radius 3 is 2.77 bits per heavy atom. The standard InChI is InChI=1S/C17H15NO4/c19-13-6-7-15-14(10-13)11(9-17(21)22-15)8-16(20)18-12-4-2-1-3-5-12/h1-7,10-11,19H,8-9H2,(H,18,20). The van der Waals surface area contributed by atoms with Crippen LogP contribution >= 0.6 is 0 Å². The second-order valence-corrected chi connectivity index (χ2v) is 5.22. The maximum absolute atomic E-state index is 12.2. The Kier molecular flexibility index (Phi) is 3.78. The molecule has 3 rings (SSSR count). The highest BCUT2D eigenvalue weighted by Crippen LogP contribution is 2.38. The van der Waals surface area contributed by atoms with Crippen LogP contribution in [0.25, 0.3) is 0 Å². The van der Waals surface area contributed by atoms with Crippen molar-refractivity contribution in [1.82, 2.24) is 0 Å². The van der Waals surface area contributed by atoms with Crippen LogP contribution in [0.1, 0.15) is 24.3 Å². The lowest BCUT2D eigenvalue weighted by Crippen LogP contribution is -2.24. The molecule has 0 fully saturated rings. The molecule has 1 unspecified atom stereocenters. The third kappa shape index (κ3) is 3.09. The summed E-state index contributed by atoms with van der Waals surface area (Å²) >= 11 is 0. The lowest BCUT2D eigenvalue weighted by molar-refractivity contribution is -0.136. The Bertz CT molecular complexity index is 712. The number of aromatic hydroxyl groups is 1. The summed E-state index contributed by atoms with van der Waals surface area (Å²) in [6.45, 7) is 0. The zero-order valence-corrected chi connectivity index (χ0v) is 11.8. The normalized spacial score (nSPS) is 16.5. The summed E-state index contributed by atoms with van der Waals surface area (Å²) in [6, 6.07) is 13.7. The number of para-hydroxylation sites is 1. The minimum absolute atomic E-state index is 0.0881. The van der Waals surface area contributed by atoms with Gasteiger partial charge in [0.1, 0.15) is 11.5 Å². The van der Waals surface area contributed by atoms with Gasteiger partial charge in [-0.15, -0.1) is 0 Å². The molecule has 1 amide bonds. The molecule has 1 heterocycles. The molecule has 0 saturated carbocycles. The number of carbonyl (C=O) groups is 2. The molecular weight excluding hydrogens is 282 g/mol. The molecule has 1 aliphatic rings. The molecule has 2 aromatic carbocycles. The molecule has 1 atom stereocenters. The molecule has 2 N–H and O–H groups in total. The number of esters is 1. The van der Waals surface area contributed by atoms with Gasteiger partial charge in [-0.3, -0.25) is 9.59 Å². The fourth-order valence-corrected chi connectivity index (χ4v) is 2.56. The van der Waals surface area contributed by atoms with E-state index in [1.807, 2.05) is 18.2 Å². The number of phenols is 1. The Labute approximate surface area is 127 Å². The van der Waals surface area contributed by atoms with Gasteiger partial charge in [0.2, 0.25) is 5.91 Å². The molecule has 2 aromatic rings. The predicted molar refractivity (Wildman–Crippen MR) is 80.8 cm³/mol. The second kappa shape index (κ2) is 5.89. The molecule has 0 radical (unpaired) electrons. The topological polar surface area (TPSA) is 75.6 Å². The van der Waals surface area contributed by atoms with Crippen LogP contribution in [0.4, 0.5) is 5.69 Å². The van der Waals surface area contributed by atoms with Crippen molar-refractivity contribution in [1.29, 1.82) is 0 Å². The third-order valence-corrected chi connectivity index (χ3v) is 3.56. The number of rotatable bonds is 3. The number of benzene rings is 2. The minimum Gasteiger partial charge on any atom is -0.508 e. The van der Waals surface area contributed by atoms with Gasteiger partial charge >= 0.3 is 5.97 Å². The quantitative estimate of drug-likeness (QED) is 0.674. The smallest absolute Gasteiger partial charge is 0.311 e. The van der Waals surface area contributed by atoms with Crippen LogP contribution in [0.15, 0.2) is 48.5 Å². The van der Waals surface area contributed by atoms with Crippen molar-refractivity contribution in [2.24, 2.45) is 0 Å². The van der Waals surface area contributed by atoms with Gasteiger partial charge in [-0.1, -0.05) is 18.2 Å². The summed E-state index contributed by atoms with van der Waals surface area (Å²) in [5, 5.41) is 12.4. The van der Waals surface area contributed by atoms with E-state index in [1.54, 1.807) is 24.3 Å². The minimum atomic E-state index is -0.365. The summed E-state index contributed by atoms with van der Waals surface area (Å²) < 4.78 is 5.14. The number of fused-ring (bicyclic) bond motifs is 1. The van der Waals surface area contributed by atoms with Gasteiger partial charge in [-0.2, -0.15) is 0 Å². The largest absolute Gasteiger partial charge is 0.508 e. The third-order valence-electron chi connectivity index (χ3n) is 3.56. The van der Waals surface area contributed by atoms with Gasteiger partial charge in [0, 0.05) is 23.6 Å². The van der Waals surface area contributed by atoms with Crippen LogP contribution in [0.3, 0.4) is 0 Å². The van der Waals surface area contributed by atoms with Gasteiger partial charge < -0.3 is 15.2 Å². The first kappa shape index (κ1) is 14.1. The van der Waals surface area contributed by atoms with Crippen molar-refractivity contribution >= 4 is 17.6 Å². The average molecular weight is 297 g/mol. The van der Waals surface area contributed by atoms with Gasteiger partial charge in [0.25, 0.3) is 0 Å². The molecule has 0 bridgehead atoms. The van der Waals surface area contributed by atoms with Crippen molar-refractivity contribution in [2.45, 2.75) is 18.8 Å². The lowest BCUT2D eigenvalue weighted by Gasteiger charge is -2.24. The van der Waals surface area contributed by atoms with E-state index < -0.39 is 0 Å². The highest BCUT2D eigenvalue weighted by Gasteiger charge is 2.29. The fraction of sp³-hybridized carbons (Fsp3) is 0.176. The average Bonchev–Trinajstić information content (AvgIpc) is 2.49. The monoisotopic (exact) mass is 297 g/mol. The van der Waals surface area contributed by atoms with E-state index in [2.05, 4.69) is 5.32 Å². The maximum atomic E-state index is 12.2. The van der Waals surface area contributed by atoms with Gasteiger partial charge in [0.15, 0.2) is 0 Å². The first-order valence-corrected chi connectivity index (χ1v) is 7.00. The molecule has 0 spiro atoms. The molecular formula is C17H15NO4. The Morgan fingerprint density at radius 2 is 2.00 bits per heavy atom. The number of anilines is 1. The van der Waals surface area contributed by atoms with Crippen molar-refractivity contribution < 1.29 is 19.4 Å². The van der Waals surface area contributed by atoms with E-state index >= 15 is 0 Å². The highest BCUT2D eigenvalue weighted by atomic mass is 16.5. The van der Waals surface area contributed by atoms with Crippen LogP contribution in [0, 0.1) is 0 Å². The van der Waals surface area contributed by atoms with Crippen LogP contribution in [-0.2, 0) is 9.59 Å². The van der Waals surface area contributed by atoms with Gasteiger partial charge in [-0.05, 0) is 30.3 Å². The molecule has 0 aliphatic carbocycles. The number of carbonyl (C=O) groups excluding carboxylic acids is 2. The number of ether oxygens (including phenoxy) is 1. The van der Waals surface area contributed by atoms with Gasteiger partial charge in [0.05, 0.1) is 6.42 Å². The highest BCUT2D eigenvalue weighted by molar-refractivity contribution is 5.92. The first-order valence-electron chi connectivity index (χ1n) is 7.00. The predicted octanol–water partition coefficient (Wildman–Crippen LogP) is 2.81. The van der Waals surface area contributed by atoms with E-state index in [0.29, 0.717) is 17.0 Å². The molecule has 0 aromatic heterocycles. The van der Waals surface area contributed by atoms with E-state index in [-0.39, 0.29) is 36.4 Å². The number of phenolic OH excluding ortho intramolecular Hbond substituents is 1. The Balaban J connectivity index is 1.76. The van der Waals surface area contributed by atoms with E-state index in [4.69, 9.17) is 4.74 Å². The van der Waals surface area contributed by atoms with E-state index in [9.17, 15) is 14.7 Å². The molecule has 0 saturated heterocycles. The Hall–Kier alpha value is -2.82. The molecule has 112 valence electrons. The van der Waals surface area contributed by atoms with Crippen molar-refractivity contribution in [3.05, 3.63) is 54.1 Å². The summed E-state index contributed by atoms with van der Waals surface area (Å²) in [4.78, 5) is 23.8. The number of amides is 1. The number of hydrogen-bond acceptors (Lipinski definition) is 4. The van der Waals surface area contributed by atoms with Crippen LogP contribution in [0.2, 0.25) is 0 Å². The van der Waals surface area contributed by atoms with Crippen molar-refractivity contribution in [3.63, 3.8) is 0 Å². The van der Waals surface area contributed by atoms with E-state index in [1.165, 1.54) is 6.07 Å². The number of hydrogen-bond donors (Lipinski definition) is 2. The SMILES string of the molecule is O=C(CC1CC(=O)Oc2ccc(O)cc21)Nc1ccccc1. The Morgan fingerprint density at radius 1 is 1.23 bits per heavy atom. The summed E-state index contributed by atoms with van der Waals surface area (Å²) in [6.07, 6.45) is 0.277. The van der Waals surface area contributed by atoms with Crippen LogP contribution in [-0.4, -0.2) is 17.0 Å². The lowest BCUT2D eigenvalue weighted by atomic mass is 9.89. The summed E-state index contributed by atoms with van der Waals surface area (Å²) in [5.41, 5.74) is 1.39. The first-order chi connectivity index (χ1) is 10.6. The number of nitrogens with one attached hydrogen (secondary N) is 1. The molecule has 1 aliphatic heterocycles. The van der Waals surface area contributed by atoms with Crippen LogP contribution in [0.5, 0.6) is 11.5 Å². The van der Waals surface area contributed by atoms with Crippen LogP contribution < -0.4 is 10.1 Å². The van der Waals surface area contributed by atoms with Crippen molar-refractivity contribution in [2.75, 3.05) is 5.32 Å². The summed E-state index contributed by atoms with van der Waals surface area (Å²) in [7, 11) is 0. The van der Waals surface area contributed by atoms with E-state index in [0.717, 1.165) is 0 Å². The molecule has 5 heteroatoms. The van der Waals surface area contributed by atoms with Gasteiger partial charge in [-0.25, -0.2) is 0 Å². The second-order valence-electron chi connectivity index (χ2n) is 5.22. The fourth-order valence-electron chi connectivity index (χ4n) is 2.56. The van der Waals surface area contributed by atoms with Crippen molar-refractivity contribution in [3.8, 4) is 11.5 Å².